The third-order valence-electron chi connectivity index (χ3n) is 2.25. The Bertz CT molecular complexity index is 315. The Morgan fingerprint density at radius 1 is 1.47 bits per heavy atom. The van der Waals surface area contributed by atoms with Crippen molar-refractivity contribution in [3.63, 3.8) is 0 Å². The lowest BCUT2D eigenvalue weighted by Gasteiger charge is -2.13. The SMILES string of the molecule is CNCC(C)CNc1nccc(C)c1Br. The molecule has 3 nitrogen and oxygen atoms in total. The van der Waals surface area contributed by atoms with Gasteiger partial charge in [-0.05, 0) is 54.0 Å². The van der Waals surface area contributed by atoms with E-state index in [0.29, 0.717) is 5.92 Å². The van der Waals surface area contributed by atoms with Crippen LogP contribution in [0.25, 0.3) is 0 Å². The minimum atomic E-state index is 0.587. The first kappa shape index (κ1) is 12.5. The predicted molar refractivity (Wildman–Crippen MR) is 68.3 cm³/mol. The molecule has 15 heavy (non-hydrogen) atoms. The van der Waals surface area contributed by atoms with E-state index in [9.17, 15) is 0 Å². The molecule has 1 rings (SSSR count). The lowest BCUT2D eigenvalue weighted by molar-refractivity contribution is 0.568. The van der Waals surface area contributed by atoms with E-state index in [1.807, 2.05) is 19.3 Å². The van der Waals surface area contributed by atoms with E-state index in [-0.39, 0.29) is 0 Å². The maximum atomic E-state index is 4.29. The number of aromatic nitrogens is 1. The summed E-state index contributed by atoms with van der Waals surface area (Å²) in [6, 6.07) is 1.99. The van der Waals surface area contributed by atoms with Crippen molar-refractivity contribution in [1.29, 1.82) is 0 Å². The highest BCUT2D eigenvalue weighted by Crippen LogP contribution is 2.23. The van der Waals surface area contributed by atoms with Crippen LogP contribution in [0.2, 0.25) is 0 Å². The zero-order valence-corrected chi connectivity index (χ0v) is 11.1. The van der Waals surface area contributed by atoms with Crippen LogP contribution in [0.3, 0.4) is 0 Å². The maximum Gasteiger partial charge on any atom is 0.140 e. The monoisotopic (exact) mass is 271 g/mol. The van der Waals surface area contributed by atoms with E-state index in [1.165, 1.54) is 5.56 Å². The van der Waals surface area contributed by atoms with Gasteiger partial charge in [0.15, 0.2) is 0 Å². The summed E-state index contributed by atoms with van der Waals surface area (Å²) in [6.07, 6.45) is 1.82. The molecule has 0 aliphatic heterocycles. The van der Waals surface area contributed by atoms with E-state index in [0.717, 1.165) is 23.4 Å². The highest BCUT2D eigenvalue weighted by atomic mass is 79.9. The van der Waals surface area contributed by atoms with Crippen molar-refractivity contribution in [3.05, 3.63) is 22.3 Å². The summed E-state index contributed by atoms with van der Waals surface area (Å²) in [7, 11) is 1.97. The fourth-order valence-electron chi connectivity index (χ4n) is 1.35. The Morgan fingerprint density at radius 2 is 2.20 bits per heavy atom. The third-order valence-corrected chi connectivity index (χ3v) is 3.25. The van der Waals surface area contributed by atoms with Crippen LogP contribution in [0.1, 0.15) is 12.5 Å². The average Bonchev–Trinajstić information content (AvgIpc) is 2.21. The fourth-order valence-corrected chi connectivity index (χ4v) is 1.73. The van der Waals surface area contributed by atoms with Crippen LogP contribution < -0.4 is 10.6 Å². The number of pyridine rings is 1. The van der Waals surface area contributed by atoms with Crippen molar-refractivity contribution in [2.24, 2.45) is 5.92 Å². The van der Waals surface area contributed by atoms with Gasteiger partial charge in [0.05, 0.1) is 4.47 Å². The zero-order valence-electron chi connectivity index (χ0n) is 9.47. The molecule has 0 spiro atoms. The lowest BCUT2D eigenvalue weighted by Crippen LogP contribution is -2.23. The third kappa shape index (κ3) is 3.80. The van der Waals surface area contributed by atoms with Gasteiger partial charge in [-0.25, -0.2) is 4.98 Å². The van der Waals surface area contributed by atoms with Crippen LogP contribution in [-0.2, 0) is 0 Å². The Hall–Kier alpha value is -0.610. The molecule has 0 radical (unpaired) electrons. The Kier molecular flexibility index (Phi) is 5.05. The van der Waals surface area contributed by atoms with Gasteiger partial charge in [-0.1, -0.05) is 6.92 Å². The molecular formula is C11H18BrN3. The molecule has 1 aromatic heterocycles. The Labute approximate surface area is 99.8 Å². The standard InChI is InChI=1S/C11H18BrN3/c1-8(6-13-3)7-15-11-10(12)9(2)4-5-14-11/h4-5,8,13H,6-7H2,1-3H3,(H,14,15). The number of aryl methyl sites for hydroxylation is 1. The van der Waals surface area contributed by atoms with Gasteiger partial charge in [0.25, 0.3) is 0 Å². The molecule has 0 aliphatic carbocycles. The van der Waals surface area contributed by atoms with Gasteiger partial charge in [0.2, 0.25) is 0 Å². The number of hydrogen-bond donors (Lipinski definition) is 2. The molecule has 2 N–H and O–H groups in total. The van der Waals surface area contributed by atoms with Gasteiger partial charge >= 0.3 is 0 Å². The van der Waals surface area contributed by atoms with Crippen molar-refractivity contribution in [3.8, 4) is 0 Å². The summed E-state index contributed by atoms with van der Waals surface area (Å²) in [6.45, 7) is 6.20. The van der Waals surface area contributed by atoms with E-state index in [2.05, 4.69) is 45.4 Å². The maximum absolute atomic E-state index is 4.29. The second kappa shape index (κ2) is 6.08. The highest BCUT2D eigenvalue weighted by Gasteiger charge is 2.05. The number of nitrogens with zero attached hydrogens (tertiary/aromatic N) is 1. The summed E-state index contributed by atoms with van der Waals surface area (Å²) in [4.78, 5) is 4.29. The normalized spacial score (nSPS) is 12.5. The zero-order chi connectivity index (χ0) is 11.3. The second-order valence-corrected chi connectivity index (χ2v) is 4.63. The average molecular weight is 272 g/mol. The molecule has 1 aromatic rings. The van der Waals surface area contributed by atoms with Crippen LogP contribution in [-0.4, -0.2) is 25.1 Å². The van der Waals surface area contributed by atoms with E-state index in [4.69, 9.17) is 0 Å². The van der Waals surface area contributed by atoms with Gasteiger partial charge < -0.3 is 10.6 Å². The van der Waals surface area contributed by atoms with Gasteiger partial charge in [0, 0.05) is 12.7 Å². The summed E-state index contributed by atoms with van der Waals surface area (Å²) in [5, 5.41) is 6.50. The first-order valence-corrected chi connectivity index (χ1v) is 5.94. The van der Waals surface area contributed by atoms with Gasteiger partial charge in [-0.15, -0.1) is 0 Å². The van der Waals surface area contributed by atoms with Crippen molar-refractivity contribution in [2.75, 3.05) is 25.5 Å². The molecule has 4 heteroatoms. The smallest absolute Gasteiger partial charge is 0.140 e. The van der Waals surface area contributed by atoms with Gasteiger partial charge in [-0.3, -0.25) is 0 Å². The summed E-state index contributed by atoms with van der Waals surface area (Å²) < 4.78 is 1.06. The number of halogens is 1. The van der Waals surface area contributed by atoms with Gasteiger partial charge in [0.1, 0.15) is 5.82 Å². The summed E-state index contributed by atoms with van der Waals surface area (Å²) in [5.74, 6) is 1.52. The number of anilines is 1. The van der Waals surface area contributed by atoms with E-state index in [1.54, 1.807) is 0 Å². The summed E-state index contributed by atoms with van der Waals surface area (Å²) >= 11 is 3.53. The molecule has 1 heterocycles. The van der Waals surface area contributed by atoms with Crippen molar-refractivity contribution in [1.82, 2.24) is 10.3 Å². The molecular weight excluding hydrogens is 254 g/mol. The molecule has 84 valence electrons. The van der Waals surface area contributed by atoms with Crippen molar-refractivity contribution in [2.45, 2.75) is 13.8 Å². The Balaban J connectivity index is 2.54. The molecule has 0 aliphatic rings. The van der Waals surface area contributed by atoms with Crippen molar-refractivity contribution < 1.29 is 0 Å². The fraction of sp³-hybridized carbons (Fsp3) is 0.545. The largest absolute Gasteiger partial charge is 0.369 e. The molecule has 0 saturated carbocycles. The number of hydrogen-bond acceptors (Lipinski definition) is 3. The first-order valence-electron chi connectivity index (χ1n) is 5.14. The van der Waals surface area contributed by atoms with Gasteiger partial charge in [-0.2, -0.15) is 0 Å². The van der Waals surface area contributed by atoms with Crippen LogP contribution >= 0.6 is 15.9 Å². The first-order chi connectivity index (χ1) is 7.15. The number of rotatable bonds is 5. The predicted octanol–water partition coefficient (Wildman–Crippen LogP) is 2.42. The van der Waals surface area contributed by atoms with E-state index < -0.39 is 0 Å². The van der Waals surface area contributed by atoms with Crippen LogP contribution in [0.5, 0.6) is 0 Å². The topological polar surface area (TPSA) is 37.0 Å². The molecule has 0 saturated heterocycles. The number of nitrogens with one attached hydrogen (secondary N) is 2. The molecule has 1 unspecified atom stereocenters. The van der Waals surface area contributed by atoms with E-state index >= 15 is 0 Å². The van der Waals surface area contributed by atoms with Crippen LogP contribution in [0, 0.1) is 12.8 Å². The van der Waals surface area contributed by atoms with Crippen LogP contribution in [0.4, 0.5) is 5.82 Å². The quantitative estimate of drug-likeness (QED) is 0.864. The molecule has 0 bridgehead atoms. The minimum absolute atomic E-state index is 0.587. The molecule has 0 amide bonds. The molecule has 1 atom stereocenters. The van der Waals surface area contributed by atoms with Crippen molar-refractivity contribution >= 4 is 21.7 Å². The highest BCUT2D eigenvalue weighted by molar-refractivity contribution is 9.10. The molecule has 0 aromatic carbocycles. The minimum Gasteiger partial charge on any atom is -0.369 e. The Morgan fingerprint density at radius 3 is 2.87 bits per heavy atom. The lowest BCUT2D eigenvalue weighted by atomic mass is 10.2. The summed E-state index contributed by atoms with van der Waals surface area (Å²) in [5.41, 5.74) is 1.20. The van der Waals surface area contributed by atoms with Crippen LogP contribution in [0.15, 0.2) is 16.7 Å². The molecule has 0 fully saturated rings. The second-order valence-electron chi connectivity index (χ2n) is 3.83.